The zero-order valence-corrected chi connectivity index (χ0v) is 16.9. The van der Waals surface area contributed by atoms with Crippen LogP contribution in [-0.2, 0) is 12.6 Å². The molecule has 2 saturated heterocycles. The summed E-state index contributed by atoms with van der Waals surface area (Å²) in [7, 11) is 2.12. The molecule has 1 unspecified atom stereocenters. The van der Waals surface area contributed by atoms with E-state index in [9.17, 15) is 4.39 Å². The van der Waals surface area contributed by atoms with Gasteiger partial charge >= 0.3 is 0 Å². The molecule has 2 N–H and O–H groups in total. The third kappa shape index (κ3) is 2.69. The zero-order chi connectivity index (χ0) is 19.5. The molecule has 0 aliphatic carbocycles. The van der Waals surface area contributed by atoms with Crippen LogP contribution >= 0.6 is 0 Å². The maximum absolute atomic E-state index is 14.7. The largest absolute Gasteiger partial charge is 0.477 e. The fourth-order valence-corrected chi connectivity index (χ4v) is 5.40. The Morgan fingerprint density at radius 3 is 2.75 bits per heavy atom. The number of hydrogen-bond donors (Lipinski definition) is 2. The smallest absolute Gasteiger partial charge is 0.165 e. The van der Waals surface area contributed by atoms with Crippen molar-refractivity contribution in [3.63, 3.8) is 0 Å². The third-order valence-corrected chi connectivity index (χ3v) is 6.71. The maximum Gasteiger partial charge on any atom is 0.165 e. The zero-order valence-electron chi connectivity index (χ0n) is 16.9. The SMILES string of the molecule is Cn1c(C2CCNC(C)(C)C2)nc2c1C1(CCNCC1)Oc1c(F)cccc1-2. The molecule has 3 aliphatic rings. The molecule has 0 amide bonds. The van der Waals surface area contributed by atoms with Crippen molar-refractivity contribution in [2.24, 2.45) is 7.05 Å². The van der Waals surface area contributed by atoms with Crippen LogP contribution in [0.5, 0.6) is 5.75 Å². The molecule has 28 heavy (non-hydrogen) atoms. The number of rotatable bonds is 1. The van der Waals surface area contributed by atoms with Crippen molar-refractivity contribution >= 4 is 0 Å². The van der Waals surface area contributed by atoms with E-state index < -0.39 is 5.60 Å². The number of piperidine rings is 2. The lowest BCUT2D eigenvalue weighted by atomic mass is 9.83. The lowest BCUT2D eigenvalue weighted by Crippen LogP contribution is -2.47. The Bertz CT molecular complexity index is 914. The average molecular weight is 384 g/mol. The standard InChI is InChI=1S/C22H29FN4O/c1-21(2)13-14(7-10-25-21)20-26-17-15-5-4-6-16(23)18(15)28-22(19(17)27(20)3)8-11-24-12-9-22/h4-6,14,24-25H,7-13H2,1-3H3. The van der Waals surface area contributed by atoms with Gasteiger partial charge in [-0.25, -0.2) is 9.37 Å². The van der Waals surface area contributed by atoms with Crippen LogP contribution in [0.2, 0.25) is 0 Å². The van der Waals surface area contributed by atoms with Crippen molar-refractivity contribution < 1.29 is 9.13 Å². The molecular weight excluding hydrogens is 355 g/mol. The number of nitrogens with zero attached hydrogens (tertiary/aromatic N) is 2. The molecule has 3 aliphatic heterocycles. The van der Waals surface area contributed by atoms with Gasteiger partial charge in [0.05, 0.1) is 11.4 Å². The molecule has 0 bridgehead atoms. The summed E-state index contributed by atoms with van der Waals surface area (Å²) >= 11 is 0. The van der Waals surface area contributed by atoms with Crippen LogP contribution in [0.4, 0.5) is 4.39 Å². The van der Waals surface area contributed by atoms with Gasteiger partial charge in [0.15, 0.2) is 17.2 Å². The van der Waals surface area contributed by atoms with Crippen molar-refractivity contribution in [2.45, 2.75) is 56.6 Å². The van der Waals surface area contributed by atoms with Crippen LogP contribution < -0.4 is 15.4 Å². The highest BCUT2D eigenvalue weighted by atomic mass is 19.1. The first kappa shape index (κ1) is 18.1. The number of halogens is 1. The molecule has 4 heterocycles. The Balaban J connectivity index is 1.68. The number of ether oxygens (including phenoxy) is 1. The van der Waals surface area contributed by atoms with Crippen molar-refractivity contribution in [1.82, 2.24) is 20.2 Å². The first-order chi connectivity index (χ1) is 13.4. The topological polar surface area (TPSA) is 51.1 Å². The van der Waals surface area contributed by atoms with E-state index in [-0.39, 0.29) is 11.4 Å². The van der Waals surface area contributed by atoms with Crippen LogP contribution in [0.25, 0.3) is 11.3 Å². The van der Waals surface area contributed by atoms with Gasteiger partial charge in [-0.3, -0.25) is 0 Å². The average Bonchev–Trinajstić information content (AvgIpc) is 3.02. The first-order valence-electron chi connectivity index (χ1n) is 10.4. The van der Waals surface area contributed by atoms with E-state index >= 15 is 0 Å². The van der Waals surface area contributed by atoms with Crippen molar-refractivity contribution in [1.29, 1.82) is 0 Å². The van der Waals surface area contributed by atoms with Crippen LogP contribution in [0.3, 0.4) is 0 Å². The number of imidazole rings is 1. The predicted molar refractivity (Wildman–Crippen MR) is 107 cm³/mol. The Labute approximate surface area is 165 Å². The molecule has 1 spiro atoms. The minimum absolute atomic E-state index is 0.0995. The monoisotopic (exact) mass is 384 g/mol. The fraction of sp³-hybridized carbons (Fsp3) is 0.591. The second kappa shape index (κ2) is 6.29. The lowest BCUT2D eigenvalue weighted by molar-refractivity contribution is 0.0198. The summed E-state index contributed by atoms with van der Waals surface area (Å²) in [5.74, 6) is 1.57. The maximum atomic E-state index is 14.7. The van der Waals surface area contributed by atoms with Crippen LogP contribution in [0.15, 0.2) is 18.2 Å². The Hall–Kier alpha value is -1.92. The molecule has 1 aromatic carbocycles. The molecule has 2 aromatic rings. The second-order valence-electron chi connectivity index (χ2n) is 9.19. The summed E-state index contributed by atoms with van der Waals surface area (Å²) in [6.45, 7) is 7.23. The Morgan fingerprint density at radius 1 is 1.21 bits per heavy atom. The van der Waals surface area contributed by atoms with Gasteiger partial charge in [-0.05, 0) is 58.5 Å². The predicted octanol–water partition coefficient (Wildman–Crippen LogP) is 3.44. The van der Waals surface area contributed by atoms with Gasteiger partial charge in [-0.2, -0.15) is 0 Å². The molecule has 0 saturated carbocycles. The number of hydrogen-bond acceptors (Lipinski definition) is 4. The summed E-state index contributed by atoms with van der Waals surface area (Å²) < 4.78 is 23.4. The van der Waals surface area contributed by atoms with Gasteiger partial charge < -0.3 is 19.9 Å². The highest BCUT2D eigenvalue weighted by molar-refractivity contribution is 5.73. The van der Waals surface area contributed by atoms with Crippen molar-refractivity contribution in [3.05, 3.63) is 35.5 Å². The molecule has 0 radical (unpaired) electrons. The van der Waals surface area contributed by atoms with Gasteiger partial charge in [0, 0.05) is 36.9 Å². The first-order valence-corrected chi connectivity index (χ1v) is 10.4. The van der Waals surface area contributed by atoms with Gasteiger partial charge in [-0.15, -0.1) is 0 Å². The van der Waals surface area contributed by atoms with Gasteiger partial charge in [0.2, 0.25) is 0 Å². The number of para-hydroxylation sites is 1. The van der Waals surface area contributed by atoms with E-state index in [1.807, 2.05) is 6.07 Å². The molecule has 5 nitrogen and oxygen atoms in total. The molecule has 1 atom stereocenters. The molecule has 2 fully saturated rings. The number of fused-ring (bicyclic) bond motifs is 4. The summed E-state index contributed by atoms with van der Waals surface area (Å²) in [6, 6.07) is 5.18. The Morgan fingerprint density at radius 2 is 2.00 bits per heavy atom. The van der Waals surface area contributed by atoms with E-state index in [1.165, 1.54) is 6.07 Å². The highest BCUT2D eigenvalue weighted by Crippen LogP contribution is 2.50. The number of benzene rings is 1. The van der Waals surface area contributed by atoms with E-state index in [0.29, 0.717) is 11.7 Å². The van der Waals surface area contributed by atoms with Crippen LogP contribution in [0.1, 0.15) is 57.0 Å². The minimum atomic E-state index is -0.502. The normalized spacial score (nSPS) is 25.1. The molecule has 5 rings (SSSR count). The van der Waals surface area contributed by atoms with E-state index in [1.54, 1.807) is 6.07 Å². The van der Waals surface area contributed by atoms with E-state index in [2.05, 4.69) is 36.1 Å². The number of aromatic nitrogens is 2. The fourth-order valence-electron chi connectivity index (χ4n) is 5.40. The summed E-state index contributed by atoms with van der Waals surface area (Å²) in [5, 5.41) is 7.01. The lowest BCUT2D eigenvalue weighted by Gasteiger charge is -2.42. The van der Waals surface area contributed by atoms with Gasteiger partial charge in [0.25, 0.3) is 0 Å². The molecule has 6 heteroatoms. The number of nitrogens with one attached hydrogen (secondary N) is 2. The Kier molecular flexibility index (Phi) is 4.07. The summed E-state index contributed by atoms with van der Waals surface area (Å²) in [6.07, 6.45) is 3.76. The van der Waals surface area contributed by atoms with Crippen molar-refractivity contribution in [2.75, 3.05) is 19.6 Å². The highest BCUT2D eigenvalue weighted by Gasteiger charge is 2.47. The van der Waals surface area contributed by atoms with Crippen LogP contribution in [-0.4, -0.2) is 34.7 Å². The molecule has 1 aromatic heterocycles. The summed E-state index contributed by atoms with van der Waals surface area (Å²) in [4.78, 5) is 5.14. The van der Waals surface area contributed by atoms with E-state index in [0.717, 1.165) is 68.1 Å². The minimum Gasteiger partial charge on any atom is -0.477 e. The summed E-state index contributed by atoms with van der Waals surface area (Å²) in [5.41, 5.74) is 2.42. The second-order valence-corrected chi connectivity index (χ2v) is 9.19. The third-order valence-electron chi connectivity index (χ3n) is 6.71. The van der Waals surface area contributed by atoms with Gasteiger partial charge in [0.1, 0.15) is 5.82 Å². The van der Waals surface area contributed by atoms with E-state index in [4.69, 9.17) is 9.72 Å². The van der Waals surface area contributed by atoms with Crippen molar-refractivity contribution in [3.8, 4) is 17.0 Å². The molecular formula is C22H29FN4O. The van der Waals surface area contributed by atoms with Gasteiger partial charge in [-0.1, -0.05) is 6.07 Å². The quantitative estimate of drug-likeness (QED) is 0.791. The molecule has 150 valence electrons. The van der Waals surface area contributed by atoms with Crippen LogP contribution in [0, 0.1) is 5.82 Å².